The van der Waals surface area contributed by atoms with Crippen LogP contribution in [0.25, 0.3) is 4.85 Å². The van der Waals surface area contributed by atoms with E-state index in [1.165, 1.54) is 18.9 Å². The third kappa shape index (κ3) is 5.54. The number of nitriles is 1. The number of hydrogen-bond acceptors (Lipinski definition) is 5. The lowest BCUT2D eigenvalue weighted by atomic mass is 9.82. The highest BCUT2D eigenvalue weighted by Gasteiger charge is 2.44. The number of anilines is 1. The van der Waals surface area contributed by atoms with E-state index in [0.717, 1.165) is 5.56 Å². The van der Waals surface area contributed by atoms with E-state index in [2.05, 4.69) is 16.2 Å². The second-order valence-electron chi connectivity index (χ2n) is 8.23. The highest BCUT2D eigenvalue weighted by molar-refractivity contribution is 8.13. The number of carbonyl (C=O) groups is 1. The molecule has 6 nitrogen and oxygen atoms in total. The predicted molar refractivity (Wildman–Crippen MR) is 149 cm³/mol. The number of ether oxygens (including phenoxy) is 1. The Hall–Kier alpha value is -4.04. The number of aliphatic imine (C=N–C) groups is 1. The molecule has 8 heteroatoms. The first-order valence-corrected chi connectivity index (χ1v) is 12.8. The van der Waals surface area contributed by atoms with E-state index in [-0.39, 0.29) is 5.91 Å². The molecule has 1 aliphatic rings. The zero-order valence-electron chi connectivity index (χ0n) is 20.2. The van der Waals surface area contributed by atoms with Crippen molar-refractivity contribution in [2.75, 3.05) is 12.4 Å². The van der Waals surface area contributed by atoms with Gasteiger partial charge < -0.3 is 14.9 Å². The highest BCUT2D eigenvalue weighted by Crippen LogP contribution is 2.42. The minimum absolute atomic E-state index is 0.372. The zero-order chi connectivity index (χ0) is 26.4. The molecule has 3 aromatic rings. The number of nitrogens with one attached hydrogen (secondary N) is 1. The third-order valence-corrected chi connectivity index (χ3v) is 7.47. The van der Waals surface area contributed by atoms with Crippen molar-refractivity contribution in [3.63, 3.8) is 0 Å². The van der Waals surface area contributed by atoms with Crippen molar-refractivity contribution in [3.05, 3.63) is 117 Å². The summed E-state index contributed by atoms with van der Waals surface area (Å²) in [5.41, 5.74) is 3.52. The maximum Gasteiger partial charge on any atom is 0.282 e. The molecule has 2 atom stereocenters. The molecule has 0 aliphatic carbocycles. The Labute approximate surface area is 225 Å². The molecule has 0 bridgehead atoms. The van der Waals surface area contributed by atoms with Crippen molar-refractivity contribution in [2.24, 2.45) is 4.99 Å². The Morgan fingerprint density at radius 3 is 2.59 bits per heavy atom. The smallest absolute Gasteiger partial charge is 0.282 e. The maximum atomic E-state index is 13.7. The second-order valence-corrected chi connectivity index (χ2v) is 9.64. The molecule has 1 heterocycles. The first-order valence-electron chi connectivity index (χ1n) is 11.4. The van der Waals surface area contributed by atoms with Gasteiger partial charge in [0.1, 0.15) is 5.75 Å². The molecule has 0 radical (unpaired) electrons. The number of para-hydroxylation sites is 2. The SMILES string of the molecule is [C-]#[N+]C1C(SCc2ccccc2C#N)=NC(C)=C(C(=O)Nc2ccccc2OC)C1c1ccccc1Cl. The van der Waals surface area contributed by atoms with Crippen LogP contribution in [-0.2, 0) is 10.5 Å². The van der Waals surface area contributed by atoms with Gasteiger partial charge in [0.15, 0.2) is 5.04 Å². The van der Waals surface area contributed by atoms with E-state index < -0.39 is 12.0 Å². The summed E-state index contributed by atoms with van der Waals surface area (Å²) >= 11 is 8.01. The summed E-state index contributed by atoms with van der Waals surface area (Å²) in [5.74, 6) is -0.00741. The second kappa shape index (κ2) is 11.8. The van der Waals surface area contributed by atoms with E-state index in [1.807, 2.05) is 42.5 Å². The number of thioether (sulfide) groups is 1. The van der Waals surface area contributed by atoms with Crippen molar-refractivity contribution in [1.82, 2.24) is 0 Å². The number of benzene rings is 3. The molecule has 3 aromatic carbocycles. The van der Waals surface area contributed by atoms with Crippen LogP contribution in [-0.4, -0.2) is 24.1 Å². The summed E-state index contributed by atoms with van der Waals surface area (Å²) in [6, 6.07) is 23.2. The molecular weight excluding hydrogens is 504 g/mol. The van der Waals surface area contributed by atoms with E-state index in [0.29, 0.717) is 49.7 Å². The van der Waals surface area contributed by atoms with E-state index in [9.17, 15) is 10.1 Å². The summed E-state index contributed by atoms with van der Waals surface area (Å²) in [6.07, 6.45) is 0. The fraction of sp³-hybridized carbons (Fsp3) is 0.172. The van der Waals surface area contributed by atoms with Crippen LogP contribution in [0.4, 0.5) is 5.69 Å². The molecule has 1 N–H and O–H groups in total. The van der Waals surface area contributed by atoms with Gasteiger partial charge in [0.25, 0.3) is 11.9 Å². The average molecular weight is 527 g/mol. The van der Waals surface area contributed by atoms with Crippen LogP contribution in [0.15, 0.2) is 89.1 Å². The van der Waals surface area contributed by atoms with Crippen molar-refractivity contribution in [3.8, 4) is 11.8 Å². The van der Waals surface area contributed by atoms with Crippen LogP contribution in [0.3, 0.4) is 0 Å². The summed E-state index contributed by atoms with van der Waals surface area (Å²) in [7, 11) is 1.54. The molecule has 184 valence electrons. The fourth-order valence-electron chi connectivity index (χ4n) is 4.27. The van der Waals surface area contributed by atoms with Crippen LogP contribution in [0.1, 0.15) is 29.5 Å². The number of amides is 1. The number of methoxy groups -OCH3 is 1. The fourth-order valence-corrected chi connectivity index (χ4v) is 5.64. The summed E-state index contributed by atoms with van der Waals surface area (Å²) in [4.78, 5) is 22.3. The Morgan fingerprint density at radius 1 is 1.16 bits per heavy atom. The highest BCUT2D eigenvalue weighted by atomic mass is 35.5. The standard InChI is InChI=1S/C29H23ClN4O2S/c1-18-25(28(35)34-23-14-8-9-15-24(23)36-3)26(21-12-6-7-13-22(21)30)27(32-2)29(33-18)37-17-20-11-5-4-10-19(20)16-31/h4-15,26-27H,17H2,1,3H3,(H,34,35). The number of halogens is 1. The van der Waals surface area contributed by atoms with Crippen LogP contribution in [0.5, 0.6) is 5.75 Å². The lowest BCUT2D eigenvalue weighted by Gasteiger charge is -2.28. The molecule has 0 saturated carbocycles. The molecule has 1 aliphatic heterocycles. The van der Waals surface area contributed by atoms with Crippen LogP contribution in [0, 0.1) is 17.9 Å². The monoisotopic (exact) mass is 526 g/mol. The predicted octanol–water partition coefficient (Wildman–Crippen LogP) is 6.85. The van der Waals surface area contributed by atoms with Gasteiger partial charge in [-0.2, -0.15) is 5.26 Å². The van der Waals surface area contributed by atoms with E-state index in [1.54, 1.807) is 37.3 Å². The Balaban J connectivity index is 1.77. The molecule has 0 fully saturated rings. The van der Waals surface area contributed by atoms with Crippen molar-refractivity contribution in [1.29, 1.82) is 5.26 Å². The molecular formula is C29H23ClN4O2S. The minimum atomic E-state index is -0.763. The van der Waals surface area contributed by atoms with Crippen LogP contribution >= 0.6 is 23.4 Å². The van der Waals surface area contributed by atoms with Crippen LogP contribution < -0.4 is 10.1 Å². The number of nitrogens with zero attached hydrogens (tertiary/aromatic N) is 3. The van der Waals surface area contributed by atoms with Gasteiger partial charge in [-0.1, -0.05) is 71.9 Å². The molecule has 0 spiro atoms. The summed E-state index contributed by atoms with van der Waals surface area (Å²) in [6.45, 7) is 9.85. The van der Waals surface area contributed by atoms with Crippen molar-refractivity contribution < 1.29 is 9.53 Å². The number of allylic oxidation sites excluding steroid dienone is 1. The Bertz CT molecular complexity index is 1490. The van der Waals surface area contributed by atoms with Crippen molar-refractivity contribution >= 4 is 40.0 Å². The van der Waals surface area contributed by atoms with Gasteiger partial charge in [0.05, 0.1) is 35.9 Å². The van der Waals surface area contributed by atoms with Gasteiger partial charge in [0, 0.05) is 16.5 Å². The largest absolute Gasteiger partial charge is 0.495 e. The first kappa shape index (κ1) is 26.0. The topological polar surface area (TPSA) is 78.8 Å². The van der Waals surface area contributed by atoms with Crippen molar-refractivity contribution in [2.45, 2.75) is 24.6 Å². The van der Waals surface area contributed by atoms with Gasteiger partial charge in [-0.25, -0.2) is 11.6 Å². The number of hydrogen-bond donors (Lipinski definition) is 1. The summed E-state index contributed by atoms with van der Waals surface area (Å²) < 4.78 is 5.39. The quantitative estimate of drug-likeness (QED) is 0.356. The minimum Gasteiger partial charge on any atom is -0.495 e. The van der Waals surface area contributed by atoms with Gasteiger partial charge in [0.2, 0.25) is 0 Å². The molecule has 2 unspecified atom stereocenters. The van der Waals surface area contributed by atoms with Gasteiger partial charge in [-0.05, 0) is 42.3 Å². The average Bonchev–Trinajstić information content (AvgIpc) is 2.92. The summed E-state index contributed by atoms with van der Waals surface area (Å²) in [5, 5.41) is 13.4. The van der Waals surface area contributed by atoms with Gasteiger partial charge in [-0.15, -0.1) is 0 Å². The molecule has 0 saturated heterocycles. The first-order chi connectivity index (χ1) is 18.0. The van der Waals surface area contributed by atoms with Gasteiger partial charge in [-0.3, -0.25) is 4.79 Å². The number of carbonyl (C=O) groups excluding carboxylic acids is 1. The van der Waals surface area contributed by atoms with E-state index in [4.69, 9.17) is 27.9 Å². The Kier molecular flexibility index (Phi) is 8.30. The van der Waals surface area contributed by atoms with E-state index >= 15 is 0 Å². The maximum absolute atomic E-state index is 13.7. The Morgan fingerprint density at radius 2 is 1.86 bits per heavy atom. The molecule has 0 aromatic heterocycles. The third-order valence-electron chi connectivity index (χ3n) is 6.04. The lowest BCUT2D eigenvalue weighted by molar-refractivity contribution is -0.113. The molecule has 1 amide bonds. The van der Waals surface area contributed by atoms with Crippen LogP contribution in [0.2, 0.25) is 5.02 Å². The zero-order valence-corrected chi connectivity index (χ0v) is 21.8. The van der Waals surface area contributed by atoms with Gasteiger partial charge >= 0.3 is 0 Å². The molecule has 37 heavy (non-hydrogen) atoms. The lowest BCUT2D eigenvalue weighted by Crippen LogP contribution is -2.34. The molecule has 4 rings (SSSR count). The normalized spacial score (nSPS) is 16.8. The number of rotatable bonds is 6.